The fraction of sp³-hybridized carbons (Fsp3) is 0.632. The van der Waals surface area contributed by atoms with Crippen molar-refractivity contribution >= 4 is 11.0 Å². The second-order valence-electron chi connectivity index (χ2n) is 4.64. The lowest BCUT2D eigenvalue weighted by Gasteiger charge is -2.24. The van der Waals surface area contributed by atoms with Crippen LogP contribution in [0.15, 0.2) is 24.5 Å². The number of imidazole rings is 1. The van der Waals surface area contributed by atoms with Crippen LogP contribution >= 0.6 is 0 Å². The van der Waals surface area contributed by atoms with Gasteiger partial charge in [-0.15, -0.1) is 0 Å². The van der Waals surface area contributed by atoms with Gasteiger partial charge in [0.25, 0.3) is 0 Å². The standard InChI is InChI=1S/C13H17N3.3C2H6/c1-10-4-5-12-13(7-10)16(9-15-12)11-3-2-6-14-8-11;3*1-2/h4-5,7,9,11,14H,2-3,6,8H2,1H3;3*1-2H3. The molecule has 1 aliphatic rings. The summed E-state index contributed by atoms with van der Waals surface area (Å²) < 4.78 is 2.33. The summed E-state index contributed by atoms with van der Waals surface area (Å²) in [5.41, 5.74) is 3.68. The topological polar surface area (TPSA) is 29.9 Å². The van der Waals surface area contributed by atoms with Crippen molar-refractivity contribution in [2.45, 2.75) is 67.3 Å². The van der Waals surface area contributed by atoms with Gasteiger partial charge in [-0.05, 0) is 44.0 Å². The van der Waals surface area contributed by atoms with Crippen LogP contribution in [0.3, 0.4) is 0 Å². The second-order valence-corrected chi connectivity index (χ2v) is 4.64. The van der Waals surface area contributed by atoms with Crippen LogP contribution in [0.25, 0.3) is 11.0 Å². The molecule has 0 spiro atoms. The normalized spacial score (nSPS) is 16.4. The highest BCUT2D eigenvalue weighted by Crippen LogP contribution is 2.23. The minimum absolute atomic E-state index is 0.570. The Bertz CT molecular complexity index is 496. The smallest absolute Gasteiger partial charge is 0.0961 e. The highest BCUT2D eigenvalue weighted by molar-refractivity contribution is 5.76. The van der Waals surface area contributed by atoms with Crippen LogP contribution < -0.4 is 5.32 Å². The summed E-state index contributed by atoms with van der Waals surface area (Å²) in [4.78, 5) is 4.47. The van der Waals surface area contributed by atoms with E-state index < -0.39 is 0 Å². The number of rotatable bonds is 1. The van der Waals surface area contributed by atoms with Crippen molar-refractivity contribution in [1.82, 2.24) is 14.9 Å². The summed E-state index contributed by atoms with van der Waals surface area (Å²) in [7, 11) is 0. The molecule has 0 aliphatic carbocycles. The molecule has 1 unspecified atom stereocenters. The molecule has 1 aromatic carbocycles. The van der Waals surface area contributed by atoms with E-state index >= 15 is 0 Å². The van der Waals surface area contributed by atoms with Gasteiger partial charge in [-0.1, -0.05) is 47.6 Å². The van der Waals surface area contributed by atoms with Crippen molar-refractivity contribution in [3.63, 3.8) is 0 Å². The number of hydrogen-bond acceptors (Lipinski definition) is 2. The maximum atomic E-state index is 4.47. The average molecular weight is 306 g/mol. The van der Waals surface area contributed by atoms with E-state index in [2.05, 4.69) is 40.0 Å². The molecule has 0 saturated carbocycles. The first-order valence-electron chi connectivity index (χ1n) is 8.98. The molecule has 0 amide bonds. The van der Waals surface area contributed by atoms with Crippen molar-refractivity contribution in [2.75, 3.05) is 13.1 Å². The summed E-state index contributed by atoms with van der Waals surface area (Å²) in [5, 5.41) is 3.45. The highest BCUT2D eigenvalue weighted by Gasteiger charge is 2.16. The number of piperidine rings is 1. The third-order valence-electron chi connectivity index (χ3n) is 3.39. The molecular weight excluding hydrogens is 270 g/mol. The summed E-state index contributed by atoms with van der Waals surface area (Å²) in [6, 6.07) is 7.04. The number of nitrogens with zero attached hydrogens (tertiary/aromatic N) is 2. The lowest BCUT2D eigenvalue weighted by atomic mass is 10.1. The molecule has 1 fully saturated rings. The van der Waals surface area contributed by atoms with Gasteiger partial charge in [0, 0.05) is 12.6 Å². The molecule has 1 N–H and O–H groups in total. The number of aromatic nitrogens is 2. The Balaban J connectivity index is 0.000000661. The molecular formula is C19H35N3. The Hall–Kier alpha value is -1.35. The molecule has 1 aromatic heterocycles. The molecule has 2 heterocycles. The monoisotopic (exact) mass is 305 g/mol. The predicted octanol–water partition coefficient (Wildman–Crippen LogP) is 5.35. The molecule has 3 heteroatoms. The van der Waals surface area contributed by atoms with E-state index in [1.807, 2.05) is 47.9 Å². The Morgan fingerprint density at radius 1 is 1.09 bits per heavy atom. The van der Waals surface area contributed by atoms with E-state index in [1.54, 1.807) is 0 Å². The first-order valence-corrected chi connectivity index (χ1v) is 8.98. The van der Waals surface area contributed by atoms with Gasteiger partial charge in [0.05, 0.1) is 17.4 Å². The Morgan fingerprint density at radius 2 is 1.77 bits per heavy atom. The van der Waals surface area contributed by atoms with E-state index in [4.69, 9.17) is 0 Å². The Labute approximate surface area is 137 Å². The molecule has 0 bridgehead atoms. The van der Waals surface area contributed by atoms with Crippen LogP contribution in [0.4, 0.5) is 0 Å². The van der Waals surface area contributed by atoms with Crippen LogP contribution in [0.5, 0.6) is 0 Å². The van der Waals surface area contributed by atoms with Crippen LogP contribution in [0, 0.1) is 6.92 Å². The van der Waals surface area contributed by atoms with Gasteiger partial charge in [-0.25, -0.2) is 4.98 Å². The maximum absolute atomic E-state index is 4.47. The first kappa shape index (κ1) is 20.6. The van der Waals surface area contributed by atoms with Crippen LogP contribution in [-0.2, 0) is 0 Å². The molecule has 3 rings (SSSR count). The lowest BCUT2D eigenvalue weighted by molar-refractivity contribution is 0.378. The molecule has 1 saturated heterocycles. The molecule has 1 atom stereocenters. The van der Waals surface area contributed by atoms with Crippen molar-refractivity contribution in [3.05, 3.63) is 30.1 Å². The van der Waals surface area contributed by atoms with E-state index in [0.717, 1.165) is 18.6 Å². The fourth-order valence-electron chi connectivity index (χ4n) is 2.50. The van der Waals surface area contributed by atoms with Gasteiger partial charge >= 0.3 is 0 Å². The third-order valence-corrected chi connectivity index (χ3v) is 3.39. The molecule has 126 valence electrons. The van der Waals surface area contributed by atoms with Crippen molar-refractivity contribution < 1.29 is 0 Å². The fourth-order valence-corrected chi connectivity index (χ4v) is 2.50. The number of hydrogen-bond donors (Lipinski definition) is 1. The van der Waals surface area contributed by atoms with Gasteiger partial charge in [0.2, 0.25) is 0 Å². The SMILES string of the molecule is CC.CC.CC.Cc1ccc2ncn(C3CCCNC3)c2c1. The third kappa shape index (κ3) is 5.45. The predicted molar refractivity (Wildman–Crippen MR) is 99.7 cm³/mol. The minimum atomic E-state index is 0.570. The molecule has 1 aliphatic heterocycles. The van der Waals surface area contributed by atoms with Crippen molar-refractivity contribution in [2.24, 2.45) is 0 Å². The Morgan fingerprint density at radius 3 is 2.36 bits per heavy atom. The average Bonchev–Trinajstić information content (AvgIpc) is 3.04. The van der Waals surface area contributed by atoms with Crippen LogP contribution in [0.2, 0.25) is 0 Å². The summed E-state index contributed by atoms with van der Waals surface area (Å²) >= 11 is 0. The number of aryl methyl sites for hydroxylation is 1. The summed E-state index contributed by atoms with van der Waals surface area (Å²) in [6.45, 7) is 16.4. The molecule has 3 nitrogen and oxygen atoms in total. The maximum Gasteiger partial charge on any atom is 0.0961 e. The molecule has 22 heavy (non-hydrogen) atoms. The number of fused-ring (bicyclic) bond motifs is 1. The largest absolute Gasteiger partial charge is 0.326 e. The van der Waals surface area contributed by atoms with E-state index in [9.17, 15) is 0 Å². The van der Waals surface area contributed by atoms with Crippen molar-refractivity contribution in [1.29, 1.82) is 0 Å². The van der Waals surface area contributed by atoms with Crippen LogP contribution in [-0.4, -0.2) is 22.6 Å². The second kappa shape index (κ2) is 12.2. The van der Waals surface area contributed by atoms with Gasteiger partial charge in [-0.2, -0.15) is 0 Å². The van der Waals surface area contributed by atoms with Crippen LogP contribution in [0.1, 0.15) is 66.0 Å². The first-order chi connectivity index (χ1) is 10.8. The van der Waals surface area contributed by atoms with E-state index in [-0.39, 0.29) is 0 Å². The van der Waals surface area contributed by atoms with Gasteiger partial charge in [0.1, 0.15) is 0 Å². The lowest BCUT2D eigenvalue weighted by Crippen LogP contribution is -2.31. The van der Waals surface area contributed by atoms with Gasteiger partial charge in [0.15, 0.2) is 0 Å². The van der Waals surface area contributed by atoms with Gasteiger partial charge in [-0.3, -0.25) is 0 Å². The Kier molecular flexibility index (Phi) is 11.5. The van der Waals surface area contributed by atoms with Crippen molar-refractivity contribution in [3.8, 4) is 0 Å². The number of benzene rings is 1. The highest BCUT2D eigenvalue weighted by atomic mass is 15.1. The van der Waals surface area contributed by atoms with Gasteiger partial charge < -0.3 is 9.88 Å². The quantitative estimate of drug-likeness (QED) is 0.770. The van der Waals surface area contributed by atoms with E-state index in [0.29, 0.717) is 6.04 Å². The van der Waals surface area contributed by atoms with E-state index in [1.165, 1.54) is 23.9 Å². The molecule has 2 aromatic rings. The zero-order valence-electron chi connectivity index (χ0n) is 15.6. The zero-order chi connectivity index (χ0) is 17.0. The molecule has 0 radical (unpaired) electrons. The minimum Gasteiger partial charge on any atom is -0.326 e. The zero-order valence-corrected chi connectivity index (χ0v) is 15.6. The summed E-state index contributed by atoms with van der Waals surface area (Å²) in [5.74, 6) is 0. The number of nitrogens with one attached hydrogen (secondary N) is 1. The summed E-state index contributed by atoms with van der Waals surface area (Å²) in [6.07, 6.45) is 4.50.